The largest absolute Gasteiger partial charge is 0.473 e. The Labute approximate surface area is 130 Å². The van der Waals surface area contributed by atoms with E-state index < -0.39 is 0 Å². The van der Waals surface area contributed by atoms with Gasteiger partial charge in [0.2, 0.25) is 11.8 Å². The number of ether oxygens (including phenoxy) is 2. The molecule has 3 rings (SSSR count). The van der Waals surface area contributed by atoms with E-state index in [0.29, 0.717) is 30.6 Å². The lowest BCUT2D eigenvalue weighted by atomic mass is 10.2. The first-order valence-electron chi connectivity index (χ1n) is 7.62. The highest BCUT2D eigenvalue weighted by Crippen LogP contribution is 2.24. The van der Waals surface area contributed by atoms with Crippen LogP contribution in [0, 0.1) is 0 Å². The van der Waals surface area contributed by atoms with E-state index in [0.717, 1.165) is 24.8 Å². The standard InChI is InChI=1S/C17H21N3O2/c1-21-15-8-7-14(11-15)19-17-18-10-9-16(20-17)22-12-13-5-3-2-4-6-13/h2-6,9-10,14-15H,7-8,11-12H2,1H3,(H,18,19,20). The van der Waals surface area contributed by atoms with E-state index in [4.69, 9.17) is 9.47 Å². The summed E-state index contributed by atoms with van der Waals surface area (Å²) in [6.45, 7) is 0.506. The Morgan fingerprint density at radius 3 is 2.82 bits per heavy atom. The van der Waals surface area contributed by atoms with Gasteiger partial charge in [-0.15, -0.1) is 0 Å². The van der Waals surface area contributed by atoms with Gasteiger partial charge in [0.1, 0.15) is 6.61 Å². The fraction of sp³-hybridized carbons (Fsp3) is 0.412. The van der Waals surface area contributed by atoms with E-state index in [2.05, 4.69) is 15.3 Å². The van der Waals surface area contributed by atoms with Gasteiger partial charge in [0.25, 0.3) is 0 Å². The Bertz CT molecular complexity index is 591. The molecule has 116 valence electrons. The molecule has 1 aliphatic rings. The van der Waals surface area contributed by atoms with Crippen LogP contribution in [0.2, 0.25) is 0 Å². The van der Waals surface area contributed by atoms with Crippen molar-refractivity contribution in [3.63, 3.8) is 0 Å². The lowest BCUT2D eigenvalue weighted by molar-refractivity contribution is 0.108. The topological polar surface area (TPSA) is 56.3 Å². The number of nitrogens with one attached hydrogen (secondary N) is 1. The van der Waals surface area contributed by atoms with Gasteiger partial charge in [-0.05, 0) is 24.8 Å². The molecular formula is C17H21N3O2. The van der Waals surface area contributed by atoms with Crippen molar-refractivity contribution in [3.05, 3.63) is 48.2 Å². The number of benzene rings is 1. The zero-order valence-electron chi connectivity index (χ0n) is 12.7. The molecule has 22 heavy (non-hydrogen) atoms. The van der Waals surface area contributed by atoms with Crippen molar-refractivity contribution in [1.82, 2.24) is 9.97 Å². The van der Waals surface area contributed by atoms with Gasteiger partial charge in [-0.1, -0.05) is 30.3 Å². The molecule has 0 bridgehead atoms. The summed E-state index contributed by atoms with van der Waals surface area (Å²) in [6, 6.07) is 12.2. The van der Waals surface area contributed by atoms with Crippen molar-refractivity contribution >= 4 is 5.95 Å². The summed E-state index contributed by atoms with van der Waals surface area (Å²) in [5, 5.41) is 3.36. The molecule has 1 saturated carbocycles. The Morgan fingerprint density at radius 2 is 2.05 bits per heavy atom. The van der Waals surface area contributed by atoms with Gasteiger partial charge in [-0.25, -0.2) is 4.98 Å². The Morgan fingerprint density at radius 1 is 1.18 bits per heavy atom. The maximum atomic E-state index is 5.72. The first-order valence-corrected chi connectivity index (χ1v) is 7.62. The molecule has 0 radical (unpaired) electrons. The number of aromatic nitrogens is 2. The van der Waals surface area contributed by atoms with E-state index in [1.807, 2.05) is 30.3 Å². The summed E-state index contributed by atoms with van der Waals surface area (Å²) >= 11 is 0. The van der Waals surface area contributed by atoms with Gasteiger partial charge in [0.05, 0.1) is 6.10 Å². The number of nitrogens with zero attached hydrogens (tertiary/aromatic N) is 2. The third kappa shape index (κ3) is 3.95. The second-order valence-electron chi connectivity index (χ2n) is 5.50. The van der Waals surface area contributed by atoms with Crippen LogP contribution in [0.5, 0.6) is 5.88 Å². The van der Waals surface area contributed by atoms with E-state index in [9.17, 15) is 0 Å². The zero-order valence-corrected chi connectivity index (χ0v) is 12.7. The third-order valence-electron chi connectivity index (χ3n) is 3.91. The number of hydrogen-bond donors (Lipinski definition) is 1. The van der Waals surface area contributed by atoms with Crippen molar-refractivity contribution in [2.45, 2.75) is 38.0 Å². The normalized spacial score (nSPS) is 20.8. The summed E-state index contributed by atoms with van der Waals surface area (Å²) in [7, 11) is 1.77. The highest BCUT2D eigenvalue weighted by Gasteiger charge is 2.24. The van der Waals surface area contributed by atoms with Gasteiger partial charge in [-0.3, -0.25) is 0 Å². The van der Waals surface area contributed by atoms with Crippen molar-refractivity contribution in [1.29, 1.82) is 0 Å². The third-order valence-corrected chi connectivity index (χ3v) is 3.91. The van der Waals surface area contributed by atoms with Crippen molar-refractivity contribution in [2.24, 2.45) is 0 Å². The van der Waals surface area contributed by atoms with Crippen LogP contribution in [0.1, 0.15) is 24.8 Å². The summed E-state index contributed by atoms with van der Waals surface area (Å²) in [6.07, 6.45) is 5.22. The van der Waals surface area contributed by atoms with E-state index in [1.54, 1.807) is 19.4 Å². The lowest BCUT2D eigenvalue weighted by Gasteiger charge is -2.13. The molecule has 0 saturated heterocycles. The smallest absolute Gasteiger partial charge is 0.226 e. The average molecular weight is 299 g/mol. The second kappa shape index (κ2) is 7.22. The average Bonchev–Trinajstić information content (AvgIpc) is 3.02. The maximum absolute atomic E-state index is 5.72. The van der Waals surface area contributed by atoms with Crippen LogP contribution < -0.4 is 10.1 Å². The predicted molar refractivity (Wildman–Crippen MR) is 84.9 cm³/mol. The van der Waals surface area contributed by atoms with Crippen molar-refractivity contribution in [2.75, 3.05) is 12.4 Å². The lowest BCUT2D eigenvalue weighted by Crippen LogP contribution is -2.19. The zero-order chi connectivity index (χ0) is 15.2. The molecule has 1 aliphatic carbocycles. The van der Waals surface area contributed by atoms with E-state index >= 15 is 0 Å². The van der Waals surface area contributed by atoms with Crippen LogP contribution in [0.3, 0.4) is 0 Å². The minimum absolute atomic E-state index is 0.343. The molecular weight excluding hydrogens is 278 g/mol. The number of rotatable bonds is 6. The van der Waals surface area contributed by atoms with Crippen LogP contribution >= 0.6 is 0 Å². The quantitative estimate of drug-likeness (QED) is 0.888. The molecule has 0 aliphatic heterocycles. The number of hydrogen-bond acceptors (Lipinski definition) is 5. The summed E-state index contributed by atoms with van der Waals surface area (Å²) in [5.41, 5.74) is 1.12. The summed E-state index contributed by atoms with van der Waals surface area (Å²) < 4.78 is 11.1. The monoisotopic (exact) mass is 299 g/mol. The molecule has 1 N–H and O–H groups in total. The number of methoxy groups -OCH3 is 1. The predicted octanol–water partition coefficient (Wildman–Crippen LogP) is 3.04. The molecule has 1 fully saturated rings. The molecule has 2 unspecified atom stereocenters. The molecule has 2 atom stereocenters. The fourth-order valence-corrected chi connectivity index (χ4v) is 2.69. The fourth-order valence-electron chi connectivity index (χ4n) is 2.69. The van der Waals surface area contributed by atoms with Crippen LogP contribution in [-0.2, 0) is 11.3 Å². The minimum atomic E-state index is 0.343. The van der Waals surface area contributed by atoms with Gasteiger partial charge in [0, 0.05) is 25.4 Å². The Hall–Kier alpha value is -2.14. The molecule has 5 heteroatoms. The van der Waals surface area contributed by atoms with Crippen LogP contribution in [0.15, 0.2) is 42.6 Å². The van der Waals surface area contributed by atoms with Crippen LogP contribution in [0.4, 0.5) is 5.95 Å². The highest BCUT2D eigenvalue weighted by molar-refractivity contribution is 5.29. The summed E-state index contributed by atoms with van der Waals surface area (Å²) in [4.78, 5) is 8.68. The number of anilines is 1. The maximum Gasteiger partial charge on any atom is 0.226 e. The summed E-state index contributed by atoms with van der Waals surface area (Å²) in [5.74, 6) is 1.20. The Balaban J connectivity index is 1.56. The first kappa shape index (κ1) is 14.8. The Kier molecular flexibility index (Phi) is 4.85. The second-order valence-corrected chi connectivity index (χ2v) is 5.50. The molecule has 0 amide bonds. The molecule has 1 heterocycles. The molecule has 0 spiro atoms. The van der Waals surface area contributed by atoms with Gasteiger partial charge in [0.15, 0.2) is 0 Å². The van der Waals surface area contributed by atoms with Gasteiger partial charge in [-0.2, -0.15) is 4.98 Å². The van der Waals surface area contributed by atoms with Crippen LogP contribution in [0.25, 0.3) is 0 Å². The van der Waals surface area contributed by atoms with Crippen LogP contribution in [-0.4, -0.2) is 29.2 Å². The SMILES string of the molecule is COC1CCC(Nc2nccc(OCc3ccccc3)n2)C1. The van der Waals surface area contributed by atoms with E-state index in [1.165, 1.54) is 0 Å². The highest BCUT2D eigenvalue weighted by atomic mass is 16.5. The van der Waals surface area contributed by atoms with Gasteiger partial charge >= 0.3 is 0 Å². The molecule has 2 aromatic rings. The van der Waals surface area contributed by atoms with Gasteiger partial charge < -0.3 is 14.8 Å². The minimum Gasteiger partial charge on any atom is -0.473 e. The molecule has 1 aromatic carbocycles. The van der Waals surface area contributed by atoms with Crippen molar-refractivity contribution < 1.29 is 9.47 Å². The molecule has 1 aromatic heterocycles. The van der Waals surface area contributed by atoms with E-state index in [-0.39, 0.29) is 0 Å². The first-order chi connectivity index (χ1) is 10.8. The van der Waals surface area contributed by atoms with Crippen molar-refractivity contribution in [3.8, 4) is 5.88 Å². The molecule has 5 nitrogen and oxygen atoms in total.